The van der Waals surface area contributed by atoms with Gasteiger partial charge in [-0.15, -0.1) is 0 Å². The van der Waals surface area contributed by atoms with Crippen LogP contribution in [0.2, 0.25) is 0 Å². The van der Waals surface area contributed by atoms with Crippen LogP contribution in [0.5, 0.6) is 0 Å². The molecule has 1 aromatic carbocycles. The summed E-state index contributed by atoms with van der Waals surface area (Å²) in [5.41, 5.74) is 7.73. The van der Waals surface area contributed by atoms with Crippen molar-refractivity contribution in [1.82, 2.24) is 0 Å². The zero-order valence-electron chi connectivity index (χ0n) is 11.9. The Morgan fingerprint density at radius 3 is 2.47 bits per heavy atom. The predicted molar refractivity (Wildman–Crippen MR) is 80.2 cm³/mol. The molecule has 0 unspecified atom stereocenters. The zero-order valence-corrected chi connectivity index (χ0v) is 11.9. The highest BCUT2D eigenvalue weighted by Crippen LogP contribution is 2.26. The van der Waals surface area contributed by atoms with Crippen molar-refractivity contribution in [2.45, 2.75) is 56.9 Å². The van der Waals surface area contributed by atoms with Gasteiger partial charge in [0.2, 0.25) is 0 Å². The van der Waals surface area contributed by atoms with Gasteiger partial charge in [0.1, 0.15) is 0 Å². The molecule has 1 fully saturated rings. The Balaban J connectivity index is 1.52. The van der Waals surface area contributed by atoms with E-state index in [0.717, 1.165) is 38.9 Å². The van der Waals surface area contributed by atoms with E-state index in [-0.39, 0.29) is 5.54 Å². The van der Waals surface area contributed by atoms with Gasteiger partial charge in [0, 0.05) is 12.1 Å². The summed E-state index contributed by atoms with van der Waals surface area (Å²) in [5, 5.41) is 0. The van der Waals surface area contributed by atoms with Crippen LogP contribution < -0.4 is 5.73 Å². The van der Waals surface area contributed by atoms with E-state index in [2.05, 4.69) is 30.3 Å². The molecule has 0 aromatic heterocycles. The first kappa shape index (κ1) is 14.5. The van der Waals surface area contributed by atoms with Gasteiger partial charge < -0.3 is 10.5 Å². The average Bonchev–Trinajstić information content (AvgIpc) is 2.44. The molecule has 1 aliphatic rings. The van der Waals surface area contributed by atoms with Gasteiger partial charge in [0.25, 0.3) is 0 Å². The number of hydrogen-bond acceptors (Lipinski definition) is 2. The van der Waals surface area contributed by atoms with E-state index in [1.165, 1.54) is 31.2 Å². The van der Waals surface area contributed by atoms with Gasteiger partial charge in [0.15, 0.2) is 0 Å². The molecule has 2 rings (SSSR count). The monoisotopic (exact) mass is 261 g/mol. The fraction of sp³-hybridized carbons (Fsp3) is 0.647. The SMILES string of the molecule is NC1(COCCCCc2ccccc2)CCCCC1. The van der Waals surface area contributed by atoms with Crippen molar-refractivity contribution in [3.8, 4) is 0 Å². The molecule has 0 spiro atoms. The van der Waals surface area contributed by atoms with Crippen LogP contribution in [0.1, 0.15) is 50.5 Å². The summed E-state index contributed by atoms with van der Waals surface area (Å²) in [4.78, 5) is 0. The first-order chi connectivity index (χ1) is 9.29. The summed E-state index contributed by atoms with van der Waals surface area (Å²) < 4.78 is 5.79. The summed E-state index contributed by atoms with van der Waals surface area (Å²) >= 11 is 0. The van der Waals surface area contributed by atoms with Crippen LogP contribution in [0.15, 0.2) is 30.3 Å². The predicted octanol–water partition coefficient (Wildman–Crippen LogP) is 3.69. The van der Waals surface area contributed by atoms with E-state index in [1.54, 1.807) is 0 Å². The highest BCUT2D eigenvalue weighted by molar-refractivity contribution is 5.14. The highest BCUT2D eigenvalue weighted by Gasteiger charge is 2.27. The van der Waals surface area contributed by atoms with Gasteiger partial charge in [-0.1, -0.05) is 49.6 Å². The Morgan fingerprint density at radius 2 is 1.74 bits per heavy atom. The Labute approximate surface area is 117 Å². The minimum Gasteiger partial charge on any atom is -0.380 e. The molecule has 0 bridgehead atoms. The van der Waals surface area contributed by atoms with Gasteiger partial charge in [-0.2, -0.15) is 0 Å². The van der Waals surface area contributed by atoms with Crippen molar-refractivity contribution >= 4 is 0 Å². The lowest BCUT2D eigenvalue weighted by Gasteiger charge is -2.33. The topological polar surface area (TPSA) is 35.2 Å². The summed E-state index contributed by atoms with van der Waals surface area (Å²) in [6.45, 7) is 1.60. The second-order valence-corrected chi connectivity index (χ2v) is 5.92. The summed E-state index contributed by atoms with van der Waals surface area (Å²) in [6, 6.07) is 10.7. The molecule has 0 saturated heterocycles. The number of benzene rings is 1. The van der Waals surface area contributed by atoms with Crippen LogP contribution in [-0.2, 0) is 11.2 Å². The number of ether oxygens (including phenoxy) is 1. The molecule has 1 aliphatic carbocycles. The van der Waals surface area contributed by atoms with Crippen LogP contribution in [0, 0.1) is 0 Å². The lowest BCUT2D eigenvalue weighted by atomic mass is 9.83. The smallest absolute Gasteiger partial charge is 0.0646 e. The Morgan fingerprint density at radius 1 is 1.00 bits per heavy atom. The molecule has 1 saturated carbocycles. The molecule has 2 nitrogen and oxygen atoms in total. The maximum Gasteiger partial charge on any atom is 0.0646 e. The normalized spacial score (nSPS) is 18.4. The van der Waals surface area contributed by atoms with Crippen molar-refractivity contribution in [1.29, 1.82) is 0 Å². The van der Waals surface area contributed by atoms with Crippen LogP contribution >= 0.6 is 0 Å². The summed E-state index contributed by atoms with van der Waals surface area (Å²) in [7, 11) is 0. The van der Waals surface area contributed by atoms with Crippen molar-refractivity contribution in [3.05, 3.63) is 35.9 Å². The standard InChI is InChI=1S/C17H27NO/c18-17(12-6-2-7-13-17)15-19-14-8-5-11-16-9-3-1-4-10-16/h1,3-4,9-10H,2,5-8,11-15,18H2. The van der Waals surface area contributed by atoms with Gasteiger partial charge >= 0.3 is 0 Å². The van der Waals surface area contributed by atoms with E-state index < -0.39 is 0 Å². The zero-order chi connectivity index (χ0) is 13.4. The third kappa shape index (κ3) is 5.33. The molecule has 2 heteroatoms. The van der Waals surface area contributed by atoms with Crippen LogP contribution in [0.25, 0.3) is 0 Å². The molecule has 0 radical (unpaired) electrons. The van der Waals surface area contributed by atoms with Crippen LogP contribution in [-0.4, -0.2) is 18.8 Å². The Bertz CT molecular complexity index is 344. The van der Waals surface area contributed by atoms with Crippen molar-refractivity contribution < 1.29 is 4.74 Å². The lowest BCUT2D eigenvalue weighted by molar-refractivity contribution is 0.0658. The number of unbranched alkanes of at least 4 members (excludes halogenated alkanes) is 1. The molecule has 19 heavy (non-hydrogen) atoms. The number of rotatable bonds is 7. The highest BCUT2D eigenvalue weighted by atomic mass is 16.5. The van der Waals surface area contributed by atoms with E-state index >= 15 is 0 Å². The molecule has 0 atom stereocenters. The van der Waals surface area contributed by atoms with Crippen LogP contribution in [0.3, 0.4) is 0 Å². The largest absolute Gasteiger partial charge is 0.380 e. The van der Waals surface area contributed by atoms with Gasteiger partial charge in [-0.25, -0.2) is 0 Å². The summed E-state index contributed by atoms with van der Waals surface area (Å²) in [5.74, 6) is 0. The maximum absolute atomic E-state index is 6.34. The second kappa shape index (κ2) is 7.66. The van der Waals surface area contributed by atoms with E-state index in [4.69, 9.17) is 10.5 Å². The van der Waals surface area contributed by atoms with E-state index in [0.29, 0.717) is 0 Å². The Kier molecular flexibility index (Phi) is 5.87. The fourth-order valence-corrected chi connectivity index (χ4v) is 2.85. The minimum atomic E-state index is -0.0301. The molecule has 0 heterocycles. The van der Waals surface area contributed by atoms with E-state index in [1.807, 2.05) is 0 Å². The van der Waals surface area contributed by atoms with Gasteiger partial charge in [-0.05, 0) is 37.7 Å². The molecule has 1 aromatic rings. The molecule has 106 valence electrons. The summed E-state index contributed by atoms with van der Waals surface area (Å²) in [6.07, 6.45) is 9.64. The molecule has 0 amide bonds. The number of aryl methyl sites for hydroxylation is 1. The van der Waals surface area contributed by atoms with Gasteiger partial charge in [0.05, 0.1) is 6.61 Å². The number of nitrogens with two attached hydrogens (primary N) is 1. The van der Waals surface area contributed by atoms with Crippen molar-refractivity contribution in [2.24, 2.45) is 5.73 Å². The average molecular weight is 261 g/mol. The molecular weight excluding hydrogens is 234 g/mol. The molecule has 2 N–H and O–H groups in total. The Hall–Kier alpha value is -0.860. The first-order valence-electron chi connectivity index (χ1n) is 7.69. The lowest BCUT2D eigenvalue weighted by Crippen LogP contribution is -2.46. The maximum atomic E-state index is 6.34. The minimum absolute atomic E-state index is 0.0301. The second-order valence-electron chi connectivity index (χ2n) is 5.92. The quantitative estimate of drug-likeness (QED) is 0.760. The molecule has 0 aliphatic heterocycles. The third-order valence-corrected chi connectivity index (χ3v) is 4.09. The number of hydrogen-bond donors (Lipinski definition) is 1. The van der Waals surface area contributed by atoms with Crippen LogP contribution in [0.4, 0.5) is 0 Å². The van der Waals surface area contributed by atoms with Crippen molar-refractivity contribution in [3.63, 3.8) is 0 Å². The molecular formula is C17H27NO. The third-order valence-electron chi connectivity index (χ3n) is 4.09. The van der Waals surface area contributed by atoms with Crippen molar-refractivity contribution in [2.75, 3.05) is 13.2 Å². The fourth-order valence-electron chi connectivity index (χ4n) is 2.85. The van der Waals surface area contributed by atoms with Gasteiger partial charge in [-0.3, -0.25) is 0 Å². The first-order valence-corrected chi connectivity index (χ1v) is 7.69. The van der Waals surface area contributed by atoms with E-state index in [9.17, 15) is 0 Å².